The lowest BCUT2D eigenvalue weighted by molar-refractivity contribution is -0.122. The van der Waals surface area contributed by atoms with Crippen LogP contribution in [0.3, 0.4) is 0 Å². The van der Waals surface area contributed by atoms with Crippen molar-refractivity contribution in [3.8, 4) is 5.75 Å². The summed E-state index contributed by atoms with van der Waals surface area (Å²) >= 11 is 0. The van der Waals surface area contributed by atoms with Crippen LogP contribution in [0.5, 0.6) is 5.75 Å². The van der Waals surface area contributed by atoms with E-state index in [0.717, 1.165) is 17.7 Å². The number of rotatable bonds is 8. The van der Waals surface area contributed by atoms with Gasteiger partial charge < -0.3 is 15.2 Å². The number of aryl methyl sites for hydroxylation is 1. The number of ether oxygens (including phenoxy) is 1. The molecule has 0 bridgehead atoms. The number of para-hydroxylation sites is 1. The van der Waals surface area contributed by atoms with Crippen LogP contribution in [0.25, 0.3) is 0 Å². The molecule has 1 aromatic rings. The molecule has 1 aromatic carbocycles. The van der Waals surface area contributed by atoms with Crippen LogP contribution in [0.15, 0.2) is 24.3 Å². The lowest BCUT2D eigenvalue weighted by atomic mass is 10.2. The van der Waals surface area contributed by atoms with E-state index in [1.165, 1.54) is 0 Å². The van der Waals surface area contributed by atoms with Gasteiger partial charge in [-0.25, -0.2) is 0 Å². The van der Waals surface area contributed by atoms with Gasteiger partial charge >= 0.3 is 0 Å². The molecule has 2 N–H and O–H groups in total. The summed E-state index contributed by atoms with van der Waals surface area (Å²) < 4.78 is 5.62. The van der Waals surface area contributed by atoms with Crippen molar-refractivity contribution in [3.05, 3.63) is 29.8 Å². The molecule has 4 heteroatoms. The molecule has 0 unspecified atom stereocenters. The second-order valence-corrected chi connectivity index (χ2v) is 4.57. The second-order valence-electron chi connectivity index (χ2n) is 4.57. The van der Waals surface area contributed by atoms with Crippen molar-refractivity contribution in [2.24, 2.45) is 0 Å². The van der Waals surface area contributed by atoms with Gasteiger partial charge in [0, 0.05) is 6.42 Å². The molecular formula is C15H23NO3. The molecule has 0 heterocycles. The molecule has 106 valence electrons. The molecule has 19 heavy (non-hydrogen) atoms. The zero-order chi connectivity index (χ0) is 14.1. The van der Waals surface area contributed by atoms with Crippen molar-refractivity contribution in [2.75, 3.05) is 13.2 Å². The Labute approximate surface area is 114 Å². The predicted molar refractivity (Wildman–Crippen MR) is 75.2 cm³/mol. The molecule has 4 nitrogen and oxygen atoms in total. The van der Waals surface area contributed by atoms with E-state index >= 15 is 0 Å². The number of benzene rings is 1. The molecular weight excluding hydrogens is 242 g/mol. The van der Waals surface area contributed by atoms with Gasteiger partial charge in [-0.2, -0.15) is 0 Å². The summed E-state index contributed by atoms with van der Waals surface area (Å²) in [5, 5.41) is 11.8. The fourth-order valence-corrected chi connectivity index (χ4v) is 1.71. The lowest BCUT2D eigenvalue weighted by Crippen LogP contribution is -2.36. The average molecular weight is 265 g/mol. The number of nitrogens with one attached hydrogen (secondary N) is 1. The van der Waals surface area contributed by atoms with Crippen LogP contribution >= 0.6 is 0 Å². The third-order valence-corrected chi connectivity index (χ3v) is 2.98. The Kier molecular flexibility index (Phi) is 6.97. The van der Waals surface area contributed by atoms with E-state index in [2.05, 4.69) is 5.32 Å². The third-order valence-electron chi connectivity index (χ3n) is 2.98. The molecule has 0 saturated carbocycles. The number of hydrogen-bond acceptors (Lipinski definition) is 3. The van der Waals surface area contributed by atoms with Gasteiger partial charge in [0.1, 0.15) is 5.75 Å². The van der Waals surface area contributed by atoms with Gasteiger partial charge in [0.15, 0.2) is 0 Å². The van der Waals surface area contributed by atoms with E-state index < -0.39 is 0 Å². The van der Waals surface area contributed by atoms with E-state index in [1.807, 2.05) is 38.1 Å². The van der Waals surface area contributed by atoms with Crippen LogP contribution in [-0.2, 0) is 4.79 Å². The molecule has 1 atom stereocenters. The number of carbonyl (C=O) groups excluding carboxylic acids is 1. The molecule has 0 aliphatic rings. The van der Waals surface area contributed by atoms with Gasteiger partial charge in [-0.1, -0.05) is 25.1 Å². The van der Waals surface area contributed by atoms with Crippen LogP contribution in [0, 0.1) is 6.92 Å². The van der Waals surface area contributed by atoms with Crippen molar-refractivity contribution >= 4 is 5.91 Å². The third kappa shape index (κ3) is 5.75. The minimum atomic E-state index is -0.134. The Morgan fingerprint density at radius 2 is 2.16 bits per heavy atom. The largest absolute Gasteiger partial charge is 0.493 e. The highest BCUT2D eigenvalue weighted by Crippen LogP contribution is 2.16. The maximum atomic E-state index is 11.6. The minimum absolute atomic E-state index is 0.0120. The van der Waals surface area contributed by atoms with E-state index in [4.69, 9.17) is 9.84 Å². The highest BCUT2D eigenvalue weighted by molar-refractivity contribution is 5.76. The summed E-state index contributed by atoms with van der Waals surface area (Å²) in [6, 6.07) is 7.69. The first kappa shape index (κ1) is 15.5. The number of amides is 1. The molecule has 1 amide bonds. The molecule has 0 aliphatic carbocycles. The van der Waals surface area contributed by atoms with Crippen LogP contribution in [-0.4, -0.2) is 30.3 Å². The highest BCUT2D eigenvalue weighted by Gasteiger charge is 2.08. The SMILES string of the molecule is CC[C@H](CO)NC(=O)CCCOc1ccccc1C. The summed E-state index contributed by atoms with van der Waals surface area (Å²) in [4.78, 5) is 11.6. The Bertz CT molecular complexity index is 389. The maximum Gasteiger partial charge on any atom is 0.220 e. The summed E-state index contributed by atoms with van der Waals surface area (Å²) in [7, 11) is 0. The average Bonchev–Trinajstić information content (AvgIpc) is 2.42. The van der Waals surface area contributed by atoms with Crippen LogP contribution in [0.2, 0.25) is 0 Å². The highest BCUT2D eigenvalue weighted by atomic mass is 16.5. The first-order valence-electron chi connectivity index (χ1n) is 6.76. The maximum absolute atomic E-state index is 11.6. The van der Waals surface area contributed by atoms with E-state index in [-0.39, 0.29) is 18.6 Å². The lowest BCUT2D eigenvalue weighted by Gasteiger charge is -2.14. The van der Waals surface area contributed by atoms with Crippen molar-refractivity contribution in [1.29, 1.82) is 0 Å². The zero-order valence-corrected chi connectivity index (χ0v) is 11.7. The molecule has 0 aliphatic heterocycles. The van der Waals surface area contributed by atoms with E-state index in [0.29, 0.717) is 19.4 Å². The zero-order valence-electron chi connectivity index (χ0n) is 11.7. The summed E-state index contributed by atoms with van der Waals surface area (Å²) in [6.07, 6.45) is 1.83. The Morgan fingerprint density at radius 3 is 2.79 bits per heavy atom. The predicted octanol–water partition coefficient (Wildman–Crippen LogP) is 2.04. The Morgan fingerprint density at radius 1 is 1.42 bits per heavy atom. The fourth-order valence-electron chi connectivity index (χ4n) is 1.71. The summed E-state index contributed by atoms with van der Waals surface area (Å²) in [6.45, 7) is 4.44. The quantitative estimate of drug-likeness (QED) is 0.707. The van der Waals surface area contributed by atoms with E-state index in [1.54, 1.807) is 0 Å². The molecule has 0 spiro atoms. The van der Waals surface area contributed by atoms with Gasteiger partial charge in [0.05, 0.1) is 19.3 Å². The van der Waals surface area contributed by atoms with Crippen molar-refractivity contribution in [1.82, 2.24) is 5.32 Å². The van der Waals surface area contributed by atoms with Crippen molar-refractivity contribution in [2.45, 2.75) is 39.2 Å². The molecule has 0 fully saturated rings. The van der Waals surface area contributed by atoms with Crippen molar-refractivity contribution in [3.63, 3.8) is 0 Å². The van der Waals surface area contributed by atoms with Crippen LogP contribution < -0.4 is 10.1 Å². The van der Waals surface area contributed by atoms with Gasteiger partial charge in [-0.3, -0.25) is 4.79 Å². The number of hydrogen-bond donors (Lipinski definition) is 2. The summed E-state index contributed by atoms with van der Waals surface area (Å²) in [5.74, 6) is 0.832. The minimum Gasteiger partial charge on any atom is -0.493 e. The van der Waals surface area contributed by atoms with Gasteiger partial charge in [-0.15, -0.1) is 0 Å². The monoisotopic (exact) mass is 265 g/mol. The van der Waals surface area contributed by atoms with Crippen LogP contribution in [0.4, 0.5) is 0 Å². The topological polar surface area (TPSA) is 58.6 Å². The molecule has 0 aromatic heterocycles. The fraction of sp³-hybridized carbons (Fsp3) is 0.533. The number of carbonyl (C=O) groups is 1. The summed E-state index contributed by atoms with van der Waals surface area (Å²) in [5.41, 5.74) is 1.10. The van der Waals surface area contributed by atoms with Crippen molar-refractivity contribution < 1.29 is 14.6 Å². The normalized spacial score (nSPS) is 11.9. The second kappa shape index (κ2) is 8.53. The molecule has 1 rings (SSSR count). The Hall–Kier alpha value is -1.55. The first-order chi connectivity index (χ1) is 9.17. The smallest absolute Gasteiger partial charge is 0.220 e. The Balaban J connectivity index is 2.20. The van der Waals surface area contributed by atoms with Gasteiger partial charge in [0.25, 0.3) is 0 Å². The van der Waals surface area contributed by atoms with Gasteiger partial charge in [-0.05, 0) is 31.4 Å². The van der Waals surface area contributed by atoms with Gasteiger partial charge in [0.2, 0.25) is 5.91 Å². The molecule has 0 saturated heterocycles. The number of aliphatic hydroxyl groups excluding tert-OH is 1. The van der Waals surface area contributed by atoms with Crippen LogP contribution in [0.1, 0.15) is 31.7 Å². The standard InChI is InChI=1S/C15H23NO3/c1-3-13(11-17)16-15(18)9-6-10-19-14-8-5-4-7-12(14)2/h4-5,7-8,13,17H,3,6,9-11H2,1-2H3,(H,16,18)/t13-/m1/s1. The molecule has 0 radical (unpaired) electrons. The number of aliphatic hydroxyl groups is 1. The van der Waals surface area contributed by atoms with E-state index in [9.17, 15) is 4.79 Å². The first-order valence-corrected chi connectivity index (χ1v) is 6.76.